The van der Waals surface area contributed by atoms with Gasteiger partial charge >= 0.3 is 6.18 Å². The molecule has 1 saturated heterocycles. The van der Waals surface area contributed by atoms with E-state index in [-0.39, 0.29) is 18.0 Å². The normalized spacial score (nSPS) is 19.4. The van der Waals surface area contributed by atoms with E-state index in [2.05, 4.69) is 0 Å². The Morgan fingerprint density at radius 3 is 2.43 bits per heavy atom. The van der Waals surface area contributed by atoms with Crippen LogP contribution in [0.3, 0.4) is 0 Å². The van der Waals surface area contributed by atoms with Gasteiger partial charge in [-0.15, -0.1) is 0 Å². The number of ether oxygens (including phenoxy) is 1. The average Bonchev–Trinajstić information content (AvgIpc) is 3.12. The van der Waals surface area contributed by atoms with Crippen LogP contribution >= 0.6 is 0 Å². The van der Waals surface area contributed by atoms with E-state index in [0.29, 0.717) is 17.7 Å². The summed E-state index contributed by atoms with van der Waals surface area (Å²) in [5, 5.41) is 11.4. The van der Waals surface area contributed by atoms with Crippen molar-refractivity contribution in [2.24, 2.45) is 0 Å². The number of rotatable bonds is 3. The van der Waals surface area contributed by atoms with Gasteiger partial charge in [0.1, 0.15) is 6.10 Å². The predicted octanol–water partition coefficient (Wildman–Crippen LogP) is 4.36. The molecule has 1 aliphatic heterocycles. The van der Waals surface area contributed by atoms with Crippen LogP contribution in [-0.4, -0.2) is 48.3 Å². The maximum Gasteiger partial charge on any atom is 0.417 e. The first-order valence-electron chi connectivity index (χ1n) is 9.48. The third kappa shape index (κ3) is 3.78. The Kier molecular flexibility index (Phi) is 5.26. The topological polar surface area (TPSA) is 49.8 Å². The summed E-state index contributed by atoms with van der Waals surface area (Å²) < 4.78 is 45.2. The third-order valence-corrected chi connectivity index (χ3v) is 5.46. The molecular formula is C23H20F3NO3. The molecule has 30 heavy (non-hydrogen) atoms. The lowest BCUT2D eigenvalue weighted by molar-refractivity contribution is -0.137. The van der Waals surface area contributed by atoms with Crippen LogP contribution in [0.15, 0.2) is 60.7 Å². The van der Waals surface area contributed by atoms with E-state index in [0.717, 1.165) is 16.8 Å². The molecule has 0 aliphatic carbocycles. The molecule has 1 heterocycles. The van der Waals surface area contributed by atoms with Crippen molar-refractivity contribution >= 4 is 16.7 Å². The molecule has 1 aliphatic rings. The number of β-amino-alcohol motifs (C(OH)–C–C–N with tert-alkyl or cyclic N) is 1. The number of nitrogens with zero attached hydrogens (tertiary/aromatic N) is 1. The standard InChI is InChI=1S/C23H20F3NO3/c1-30-21-13-27(12-20(21)28)22(29)17-9-7-14-10-16(8-6-15(14)11-17)18-4-2-3-5-19(18)23(24,25)26/h2-11,20-21,28H,12-13H2,1H3/t20-,21-/m0/s1. The van der Waals surface area contributed by atoms with Crippen LogP contribution < -0.4 is 0 Å². The summed E-state index contributed by atoms with van der Waals surface area (Å²) in [5.74, 6) is -0.220. The number of halogens is 3. The zero-order valence-electron chi connectivity index (χ0n) is 16.2. The zero-order valence-corrected chi connectivity index (χ0v) is 16.2. The highest BCUT2D eigenvalue weighted by Crippen LogP contribution is 2.37. The van der Waals surface area contributed by atoms with Gasteiger partial charge in [-0.3, -0.25) is 4.79 Å². The average molecular weight is 415 g/mol. The minimum atomic E-state index is -4.44. The number of aliphatic hydroxyl groups excluding tert-OH is 1. The monoisotopic (exact) mass is 415 g/mol. The van der Waals surface area contributed by atoms with Crippen LogP contribution in [0.25, 0.3) is 21.9 Å². The first-order chi connectivity index (χ1) is 14.3. The summed E-state index contributed by atoms with van der Waals surface area (Å²) in [4.78, 5) is 14.3. The molecule has 1 N–H and O–H groups in total. The second kappa shape index (κ2) is 7.74. The van der Waals surface area contributed by atoms with Crippen molar-refractivity contribution in [3.05, 3.63) is 71.8 Å². The molecule has 0 aromatic heterocycles. The third-order valence-electron chi connectivity index (χ3n) is 5.46. The van der Waals surface area contributed by atoms with Gasteiger partial charge in [-0.2, -0.15) is 13.2 Å². The van der Waals surface area contributed by atoms with Crippen LogP contribution in [0.2, 0.25) is 0 Å². The van der Waals surface area contributed by atoms with Gasteiger partial charge in [0, 0.05) is 25.8 Å². The van der Waals surface area contributed by atoms with Crippen molar-refractivity contribution in [2.45, 2.75) is 18.4 Å². The fourth-order valence-electron chi connectivity index (χ4n) is 3.87. The van der Waals surface area contributed by atoms with Gasteiger partial charge in [0.25, 0.3) is 5.91 Å². The highest BCUT2D eigenvalue weighted by molar-refractivity contribution is 5.99. The quantitative estimate of drug-likeness (QED) is 0.692. The van der Waals surface area contributed by atoms with Gasteiger partial charge in [0.05, 0.1) is 11.7 Å². The number of amides is 1. The number of carbonyl (C=O) groups is 1. The summed E-state index contributed by atoms with van der Waals surface area (Å²) in [5.41, 5.74) is 0.343. The number of aliphatic hydroxyl groups is 1. The minimum Gasteiger partial charge on any atom is -0.388 e. The van der Waals surface area contributed by atoms with Gasteiger partial charge < -0.3 is 14.7 Å². The fraction of sp³-hybridized carbons (Fsp3) is 0.261. The van der Waals surface area contributed by atoms with E-state index in [1.54, 1.807) is 42.5 Å². The number of methoxy groups -OCH3 is 1. The van der Waals surface area contributed by atoms with E-state index in [1.165, 1.54) is 24.1 Å². The van der Waals surface area contributed by atoms with E-state index in [4.69, 9.17) is 4.74 Å². The zero-order chi connectivity index (χ0) is 21.5. The summed E-state index contributed by atoms with van der Waals surface area (Å²) in [6, 6.07) is 15.6. The number of benzene rings is 3. The molecule has 3 aromatic carbocycles. The van der Waals surface area contributed by atoms with Crippen LogP contribution in [-0.2, 0) is 10.9 Å². The number of carbonyl (C=O) groups excluding carboxylic acids is 1. The number of hydrogen-bond acceptors (Lipinski definition) is 3. The molecule has 4 nitrogen and oxygen atoms in total. The van der Waals surface area contributed by atoms with Gasteiger partial charge in [-0.25, -0.2) is 0 Å². The summed E-state index contributed by atoms with van der Waals surface area (Å²) in [6.07, 6.45) is -5.58. The molecule has 1 fully saturated rings. The summed E-state index contributed by atoms with van der Waals surface area (Å²) >= 11 is 0. The Labute approximate surface area is 171 Å². The Morgan fingerprint density at radius 1 is 1.03 bits per heavy atom. The number of fused-ring (bicyclic) bond motifs is 1. The SMILES string of the molecule is CO[C@H]1CN(C(=O)c2ccc3cc(-c4ccccc4C(F)(F)F)ccc3c2)C[C@@H]1O. The highest BCUT2D eigenvalue weighted by atomic mass is 19.4. The molecule has 7 heteroatoms. The van der Waals surface area contributed by atoms with Crippen LogP contribution in [0.4, 0.5) is 13.2 Å². The molecule has 0 spiro atoms. The molecule has 156 valence electrons. The summed E-state index contributed by atoms with van der Waals surface area (Å²) in [6.45, 7) is 0.504. The second-order valence-corrected chi connectivity index (χ2v) is 7.37. The van der Waals surface area contributed by atoms with E-state index in [1.807, 2.05) is 0 Å². The fourth-order valence-corrected chi connectivity index (χ4v) is 3.87. The number of hydrogen-bond donors (Lipinski definition) is 1. The van der Waals surface area contributed by atoms with Crippen molar-refractivity contribution in [2.75, 3.05) is 20.2 Å². The maximum absolute atomic E-state index is 13.3. The lowest BCUT2D eigenvalue weighted by atomic mass is 9.96. The second-order valence-electron chi connectivity index (χ2n) is 7.37. The first kappa shape index (κ1) is 20.4. The van der Waals surface area contributed by atoms with E-state index >= 15 is 0 Å². The van der Waals surface area contributed by atoms with Gasteiger partial charge in [0.2, 0.25) is 0 Å². The van der Waals surface area contributed by atoms with Crippen molar-refractivity contribution in [1.82, 2.24) is 4.90 Å². The highest BCUT2D eigenvalue weighted by Gasteiger charge is 2.35. The molecule has 3 aromatic rings. The lowest BCUT2D eigenvalue weighted by Crippen LogP contribution is -2.29. The van der Waals surface area contributed by atoms with Crippen LogP contribution in [0.5, 0.6) is 0 Å². The van der Waals surface area contributed by atoms with Crippen LogP contribution in [0.1, 0.15) is 15.9 Å². The largest absolute Gasteiger partial charge is 0.417 e. The molecule has 0 bridgehead atoms. The van der Waals surface area contributed by atoms with Crippen molar-refractivity contribution in [1.29, 1.82) is 0 Å². The van der Waals surface area contributed by atoms with E-state index in [9.17, 15) is 23.1 Å². The predicted molar refractivity (Wildman–Crippen MR) is 107 cm³/mol. The Balaban J connectivity index is 1.65. The number of alkyl halides is 3. The minimum absolute atomic E-state index is 0.115. The molecule has 0 saturated carbocycles. The van der Waals surface area contributed by atoms with Crippen molar-refractivity contribution < 1.29 is 27.8 Å². The smallest absolute Gasteiger partial charge is 0.388 e. The maximum atomic E-state index is 13.3. The Hall–Kier alpha value is -2.90. The van der Waals surface area contributed by atoms with Gasteiger partial charge in [-0.1, -0.05) is 36.4 Å². The molecule has 1 amide bonds. The molecule has 2 atom stereocenters. The number of likely N-dealkylation sites (tertiary alicyclic amines) is 1. The molecular weight excluding hydrogens is 395 g/mol. The van der Waals surface area contributed by atoms with Crippen molar-refractivity contribution in [3.63, 3.8) is 0 Å². The van der Waals surface area contributed by atoms with Gasteiger partial charge in [-0.05, 0) is 46.2 Å². The summed E-state index contributed by atoms with van der Waals surface area (Å²) in [7, 11) is 1.49. The van der Waals surface area contributed by atoms with Crippen molar-refractivity contribution in [3.8, 4) is 11.1 Å². The van der Waals surface area contributed by atoms with Gasteiger partial charge in [0.15, 0.2) is 0 Å². The first-order valence-corrected chi connectivity index (χ1v) is 9.48. The lowest BCUT2D eigenvalue weighted by Gasteiger charge is -2.16. The molecule has 0 unspecified atom stereocenters. The molecule has 0 radical (unpaired) electrons. The van der Waals surface area contributed by atoms with Crippen LogP contribution in [0, 0.1) is 0 Å². The molecule has 4 rings (SSSR count). The Bertz CT molecular complexity index is 1100. The van der Waals surface area contributed by atoms with E-state index < -0.39 is 23.9 Å². The Morgan fingerprint density at radius 2 is 1.73 bits per heavy atom.